The van der Waals surface area contributed by atoms with Gasteiger partial charge in [0.05, 0.1) is 6.10 Å². The number of carbonyl (C=O) groups excluding carboxylic acids is 1. The molecule has 0 aromatic heterocycles. The number of carbonyl (C=O) groups is 1. The predicted octanol–water partition coefficient (Wildman–Crippen LogP) is 3.12. The molecule has 1 aromatic rings. The molecular formula is C17H26N2O2. The molecule has 21 heavy (non-hydrogen) atoms. The van der Waals surface area contributed by atoms with E-state index in [4.69, 9.17) is 4.74 Å². The number of amides is 1. The molecular weight excluding hydrogens is 264 g/mol. The molecule has 1 saturated heterocycles. The lowest BCUT2D eigenvalue weighted by Crippen LogP contribution is -2.35. The minimum absolute atomic E-state index is 0.0192. The van der Waals surface area contributed by atoms with Crippen LogP contribution in [0.15, 0.2) is 18.2 Å². The van der Waals surface area contributed by atoms with E-state index in [1.165, 1.54) is 6.42 Å². The Morgan fingerprint density at radius 3 is 2.90 bits per heavy atom. The highest BCUT2D eigenvalue weighted by Crippen LogP contribution is 2.17. The molecule has 1 heterocycles. The van der Waals surface area contributed by atoms with Crippen LogP contribution < -0.4 is 10.6 Å². The van der Waals surface area contributed by atoms with Crippen LogP contribution in [0.3, 0.4) is 0 Å². The van der Waals surface area contributed by atoms with Crippen molar-refractivity contribution in [3.05, 3.63) is 29.3 Å². The third-order valence-electron chi connectivity index (χ3n) is 3.82. The summed E-state index contributed by atoms with van der Waals surface area (Å²) in [6, 6.07) is 5.80. The molecule has 0 radical (unpaired) electrons. The van der Waals surface area contributed by atoms with Gasteiger partial charge < -0.3 is 15.4 Å². The Morgan fingerprint density at radius 1 is 1.38 bits per heavy atom. The van der Waals surface area contributed by atoms with Crippen molar-refractivity contribution in [2.45, 2.75) is 45.6 Å². The van der Waals surface area contributed by atoms with Crippen molar-refractivity contribution in [2.24, 2.45) is 0 Å². The fourth-order valence-corrected chi connectivity index (χ4v) is 2.54. The van der Waals surface area contributed by atoms with E-state index >= 15 is 0 Å². The van der Waals surface area contributed by atoms with Gasteiger partial charge in [-0.15, -0.1) is 0 Å². The molecule has 1 aliphatic rings. The van der Waals surface area contributed by atoms with Crippen molar-refractivity contribution in [3.63, 3.8) is 0 Å². The van der Waals surface area contributed by atoms with Gasteiger partial charge in [-0.1, -0.05) is 6.92 Å². The number of hydrogen-bond acceptors (Lipinski definition) is 3. The van der Waals surface area contributed by atoms with Crippen LogP contribution in [0.4, 0.5) is 5.69 Å². The molecule has 116 valence electrons. The van der Waals surface area contributed by atoms with E-state index in [0.717, 1.165) is 43.7 Å². The summed E-state index contributed by atoms with van der Waals surface area (Å²) in [4.78, 5) is 12.2. The maximum absolute atomic E-state index is 12.2. The predicted molar refractivity (Wildman–Crippen MR) is 85.9 cm³/mol. The van der Waals surface area contributed by atoms with Crippen molar-refractivity contribution < 1.29 is 9.53 Å². The molecule has 4 nitrogen and oxygen atoms in total. The first-order valence-electron chi connectivity index (χ1n) is 7.95. The second-order valence-corrected chi connectivity index (χ2v) is 5.66. The van der Waals surface area contributed by atoms with E-state index in [2.05, 4.69) is 17.6 Å². The van der Waals surface area contributed by atoms with Gasteiger partial charge in [0.2, 0.25) is 0 Å². The van der Waals surface area contributed by atoms with Crippen LogP contribution in [0.5, 0.6) is 0 Å². The van der Waals surface area contributed by atoms with E-state index in [0.29, 0.717) is 12.1 Å². The molecule has 0 bridgehead atoms. The van der Waals surface area contributed by atoms with Crippen LogP contribution in [-0.4, -0.2) is 31.7 Å². The fraction of sp³-hybridized carbons (Fsp3) is 0.588. The summed E-state index contributed by atoms with van der Waals surface area (Å²) >= 11 is 0. The van der Waals surface area contributed by atoms with E-state index in [-0.39, 0.29) is 12.0 Å². The quantitative estimate of drug-likeness (QED) is 0.846. The lowest BCUT2D eigenvalue weighted by atomic mass is 10.1. The van der Waals surface area contributed by atoms with Crippen molar-refractivity contribution in [2.75, 3.05) is 25.0 Å². The SMILES string of the molecule is CCCNc1ccc(C(=O)NCC2CCCCO2)cc1C. The number of benzene rings is 1. The van der Waals surface area contributed by atoms with Crippen molar-refractivity contribution >= 4 is 11.6 Å². The summed E-state index contributed by atoms with van der Waals surface area (Å²) in [6.07, 6.45) is 4.63. The Labute approximate surface area is 127 Å². The standard InChI is InChI=1S/C17H26N2O2/c1-3-9-18-16-8-7-14(11-13(16)2)17(20)19-12-15-6-4-5-10-21-15/h7-8,11,15,18H,3-6,9-10,12H2,1-2H3,(H,19,20). The number of hydrogen-bond donors (Lipinski definition) is 2. The van der Waals surface area contributed by atoms with Crippen molar-refractivity contribution in [3.8, 4) is 0 Å². The van der Waals surface area contributed by atoms with Gasteiger partial charge in [0.15, 0.2) is 0 Å². The molecule has 4 heteroatoms. The molecule has 1 atom stereocenters. The van der Waals surface area contributed by atoms with E-state index in [9.17, 15) is 4.79 Å². The molecule has 1 aliphatic heterocycles. The van der Waals surface area contributed by atoms with Crippen molar-refractivity contribution in [1.29, 1.82) is 0 Å². The fourth-order valence-electron chi connectivity index (χ4n) is 2.54. The summed E-state index contributed by atoms with van der Waals surface area (Å²) in [5, 5.41) is 6.33. The second-order valence-electron chi connectivity index (χ2n) is 5.66. The van der Waals surface area contributed by atoms with E-state index in [1.54, 1.807) is 0 Å². The first-order chi connectivity index (χ1) is 10.2. The van der Waals surface area contributed by atoms with Gasteiger partial charge >= 0.3 is 0 Å². The van der Waals surface area contributed by atoms with E-state index < -0.39 is 0 Å². The molecule has 1 unspecified atom stereocenters. The van der Waals surface area contributed by atoms with E-state index in [1.807, 2.05) is 25.1 Å². The van der Waals surface area contributed by atoms with Gasteiger partial charge in [0, 0.05) is 30.9 Å². The molecule has 2 rings (SSSR count). The lowest BCUT2D eigenvalue weighted by Gasteiger charge is -2.22. The summed E-state index contributed by atoms with van der Waals surface area (Å²) in [6.45, 7) is 6.53. The highest BCUT2D eigenvalue weighted by Gasteiger charge is 2.15. The third-order valence-corrected chi connectivity index (χ3v) is 3.82. The zero-order valence-electron chi connectivity index (χ0n) is 13.1. The Kier molecular flexibility index (Phi) is 6.05. The maximum Gasteiger partial charge on any atom is 0.251 e. The van der Waals surface area contributed by atoms with Crippen LogP contribution in [0.2, 0.25) is 0 Å². The molecule has 1 aromatic carbocycles. The van der Waals surface area contributed by atoms with Crippen molar-refractivity contribution in [1.82, 2.24) is 5.32 Å². The first kappa shape index (κ1) is 15.8. The van der Waals surface area contributed by atoms with Gasteiger partial charge in [-0.05, 0) is 56.4 Å². The summed E-state index contributed by atoms with van der Waals surface area (Å²) in [5.41, 5.74) is 2.92. The molecule has 2 N–H and O–H groups in total. The zero-order valence-corrected chi connectivity index (χ0v) is 13.1. The Bertz CT molecular complexity index is 468. The molecule has 1 amide bonds. The normalized spacial score (nSPS) is 18.3. The smallest absolute Gasteiger partial charge is 0.251 e. The van der Waals surface area contributed by atoms with Gasteiger partial charge in [0.1, 0.15) is 0 Å². The summed E-state index contributed by atoms with van der Waals surface area (Å²) < 4.78 is 5.63. The van der Waals surface area contributed by atoms with Gasteiger partial charge in [-0.2, -0.15) is 0 Å². The van der Waals surface area contributed by atoms with Gasteiger partial charge in [-0.25, -0.2) is 0 Å². The van der Waals surface area contributed by atoms with Crippen LogP contribution in [0.25, 0.3) is 0 Å². The van der Waals surface area contributed by atoms with Crippen LogP contribution in [0.1, 0.15) is 48.5 Å². The molecule has 0 aliphatic carbocycles. The first-order valence-corrected chi connectivity index (χ1v) is 7.95. The highest BCUT2D eigenvalue weighted by molar-refractivity contribution is 5.94. The van der Waals surface area contributed by atoms with Gasteiger partial charge in [0.25, 0.3) is 5.91 Å². The number of anilines is 1. The Morgan fingerprint density at radius 2 is 2.24 bits per heavy atom. The highest BCUT2D eigenvalue weighted by atomic mass is 16.5. The number of ether oxygens (including phenoxy) is 1. The van der Waals surface area contributed by atoms with Gasteiger partial charge in [-0.3, -0.25) is 4.79 Å². The monoisotopic (exact) mass is 290 g/mol. The summed E-state index contributed by atoms with van der Waals surface area (Å²) in [5.74, 6) is -0.0192. The second kappa shape index (κ2) is 8.03. The largest absolute Gasteiger partial charge is 0.385 e. The molecule has 1 fully saturated rings. The van der Waals surface area contributed by atoms with Crippen LogP contribution >= 0.6 is 0 Å². The van der Waals surface area contributed by atoms with Crippen LogP contribution in [0, 0.1) is 6.92 Å². The van der Waals surface area contributed by atoms with Crippen LogP contribution in [-0.2, 0) is 4.74 Å². The maximum atomic E-state index is 12.2. The average molecular weight is 290 g/mol. The average Bonchev–Trinajstić information content (AvgIpc) is 2.52. The molecule has 0 spiro atoms. The molecule has 0 saturated carbocycles. The minimum atomic E-state index is -0.0192. The summed E-state index contributed by atoms with van der Waals surface area (Å²) in [7, 11) is 0. The number of aryl methyl sites for hydroxylation is 1. The number of rotatable bonds is 6. The topological polar surface area (TPSA) is 50.4 Å². The Hall–Kier alpha value is -1.55. The Balaban J connectivity index is 1.88. The third kappa shape index (κ3) is 4.74. The zero-order chi connectivity index (χ0) is 15.1. The lowest BCUT2D eigenvalue weighted by molar-refractivity contribution is 0.0169. The number of nitrogens with one attached hydrogen (secondary N) is 2. The minimum Gasteiger partial charge on any atom is -0.385 e.